The van der Waals surface area contributed by atoms with Crippen LogP contribution in [0.5, 0.6) is 0 Å². The third kappa shape index (κ3) is 3.22. The van der Waals surface area contributed by atoms with Gasteiger partial charge in [0.05, 0.1) is 10.6 Å². The molecule has 0 aliphatic heterocycles. The number of aromatic nitrogens is 1. The average molecular weight is 319 g/mol. The normalized spacial score (nSPS) is 11.0. The predicted octanol–water partition coefficient (Wildman–Crippen LogP) is 4.14. The van der Waals surface area contributed by atoms with Gasteiger partial charge in [-0.15, -0.1) is 0 Å². The summed E-state index contributed by atoms with van der Waals surface area (Å²) in [5.41, 5.74) is 3.12. The number of fused-ring (bicyclic) bond motifs is 1. The summed E-state index contributed by atoms with van der Waals surface area (Å²) in [6.07, 6.45) is 0. The highest BCUT2D eigenvalue weighted by Gasteiger charge is 2.12. The Hall–Kier alpha value is -2.08. The van der Waals surface area contributed by atoms with Gasteiger partial charge in [0.25, 0.3) is 0 Å². The minimum absolute atomic E-state index is 0.235. The first kappa shape index (κ1) is 14.8. The largest absolute Gasteiger partial charge is 0.436 e. The van der Waals surface area contributed by atoms with E-state index in [0.717, 1.165) is 22.4 Å². The van der Waals surface area contributed by atoms with E-state index in [1.165, 1.54) is 0 Å². The minimum Gasteiger partial charge on any atom is -0.436 e. The van der Waals surface area contributed by atoms with Gasteiger partial charge >= 0.3 is 0 Å². The van der Waals surface area contributed by atoms with Gasteiger partial charge in [0.2, 0.25) is 5.89 Å². The maximum absolute atomic E-state index is 6.26. The molecule has 1 aromatic heterocycles. The molecule has 0 bridgehead atoms. The Balaban J connectivity index is 1.85. The van der Waals surface area contributed by atoms with Gasteiger partial charge < -0.3 is 19.2 Å². The number of benzene rings is 2. The van der Waals surface area contributed by atoms with Gasteiger partial charge in [-0.2, -0.15) is 0 Å². The minimum atomic E-state index is 0.235. The molecular weight excluding hydrogens is 304 g/mol. The first-order valence-electron chi connectivity index (χ1n) is 6.74. The van der Waals surface area contributed by atoms with E-state index in [1.54, 1.807) is 13.2 Å². The highest BCUT2D eigenvalue weighted by Crippen LogP contribution is 2.32. The molecule has 3 rings (SSSR count). The van der Waals surface area contributed by atoms with Crippen LogP contribution in [-0.2, 0) is 9.47 Å². The zero-order valence-corrected chi connectivity index (χ0v) is 12.8. The summed E-state index contributed by atoms with van der Waals surface area (Å²) in [6, 6.07) is 13.1. The van der Waals surface area contributed by atoms with Crippen LogP contribution in [0, 0.1) is 0 Å². The van der Waals surface area contributed by atoms with Crippen molar-refractivity contribution in [3.63, 3.8) is 0 Å². The van der Waals surface area contributed by atoms with Crippen molar-refractivity contribution in [1.29, 1.82) is 0 Å². The molecule has 22 heavy (non-hydrogen) atoms. The zero-order chi connectivity index (χ0) is 15.4. The van der Waals surface area contributed by atoms with E-state index in [2.05, 4.69) is 10.3 Å². The number of methoxy groups -OCH3 is 1. The molecule has 0 fully saturated rings. The molecule has 0 aliphatic rings. The zero-order valence-electron chi connectivity index (χ0n) is 12.0. The third-order valence-corrected chi connectivity index (χ3v) is 3.40. The molecule has 0 saturated heterocycles. The number of hydrogen-bond donors (Lipinski definition) is 1. The second-order valence-electron chi connectivity index (χ2n) is 4.61. The lowest BCUT2D eigenvalue weighted by atomic mass is 10.2. The fourth-order valence-electron chi connectivity index (χ4n) is 2.05. The van der Waals surface area contributed by atoms with Gasteiger partial charge in [0.15, 0.2) is 5.58 Å². The third-order valence-electron chi connectivity index (χ3n) is 3.07. The van der Waals surface area contributed by atoms with Gasteiger partial charge in [0.1, 0.15) is 19.0 Å². The van der Waals surface area contributed by atoms with Crippen LogP contribution in [0.4, 0.5) is 5.69 Å². The molecule has 5 nitrogen and oxygen atoms in total. The Bertz CT molecular complexity index is 740. The molecule has 0 spiro atoms. The van der Waals surface area contributed by atoms with Crippen molar-refractivity contribution in [3.05, 3.63) is 47.5 Å². The summed E-state index contributed by atoms with van der Waals surface area (Å²) >= 11 is 6.26. The van der Waals surface area contributed by atoms with Crippen molar-refractivity contribution >= 4 is 28.4 Å². The van der Waals surface area contributed by atoms with Crippen molar-refractivity contribution in [1.82, 2.24) is 4.98 Å². The van der Waals surface area contributed by atoms with Gasteiger partial charge in [-0.3, -0.25) is 0 Å². The lowest BCUT2D eigenvalue weighted by molar-refractivity contribution is -0.0229. The molecule has 0 atom stereocenters. The van der Waals surface area contributed by atoms with E-state index < -0.39 is 0 Å². The van der Waals surface area contributed by atoms with E-state index in [4.69, 9.17) is 25.5 Å². The number of halogens is 1. The first-order valence-corrected chi connectivity index (χ1v) is 7.12. The Kier molecular flexibility index (Phi) is 4.58. The quantitative estimate of drug-likeness (QED) is 0.547. The Morgan fingerprint density at radius 2 is 2.09 bits per heavy atom. The van der Waals surface area contributed by atoms with Crippen LogP contribution in [0.3, 0.4) is 0 Å². The standard InChI is InChI=1S/C16H15ClN2O3/c1-20-10-21-9-18-11-6-7-13(17)12(8-11)16-19-14-4-2-3-5-15(14)22-16/h2-8,18H,9-10H2,1H3. The van der Waals surface area contributed by atoms with Crippen LogP contribution in [0.15, 0.2) is 46.9 Å². The monoisotopic (exact) mass is 318 g/mol. The van der Waals surface area contributed by atoms with Crippen LogP contribution in [-0.4, -0.2) is 25.6 Å². The number of hydrogen-bond acceptors (Lipinski definition) is 5. The van der Waals surface area contributed by atoms with Crippen LogP contribution < -0.4 is 5.32 Å². The SMILES string of the molecule is COCOCNc1ccc(Cl)c(-c2nc3ccccc3o2)c1. The van der Waals surface area contributed by atoms with E-state index in [9.17, 15) is 0 Å². The van der Waals surface area contributed by atoms with Gasteiger partial charge in [-0.1, -0.05) is 23.7 Å². The number of anilines is 1. The molecule has 6 heteroatoms. The van der Waals surface area contributed by atoms with Gasteiger partial charge in [-0.05, 0) is 30.3 Å². The maximum Gasteiger partial charge on any atom is 0.228 e. The number of rotatable bonds is 6. The second kappa shape index (κ2) is 6.79. The van der Waals surface area contributed by atoms with Crippen molar-refractivity contribution in [2.75, 3.05) is 26.0 Å². The molecule has 3 aromatic rings. The summed E-state index contributed by atoms with van der Waals surface area (Å²) in [4.78, 5) is 4.46. The molecule has 0 radical (unpaired) electrons. The fourth-order valence-corrected chi connectivity index (χ4v) is 2.24. The molecule has 1 N–H and O–H groups in total. The topological polar surface area (TPSA) is 56.5 Å². The molecular formula is C16H15ClN2O3. The predicted molar refractivity (Wildman–Crippen MR) is 85.9 cm³/mol. The molecule has 0 unspecified atom stereocenters. The number of ether oxygens (including phenoxy) is 2. The Morgan fingerprint density at radius 3 is 2.91 bits per heavy atom. The maximum atomic E-state index is 6.26. The summed E-state index contributed by atoms with van der Waals surface area (Å²) in [7, 11) is 1.58. The Labute approximate surface area is 132 Å². The lowest BCUT2D eigenvalue weighted by Crippen LogP contribution is -2.07. The molecule has 114 valence electrons. The fraction of sp³-hybridized carbons (Fsp3) is 0.188. The molecule has 2 aromatic carbocycles. The summed E-state index contributed by atoms with van der Waals surface area (Å²) in [6.45, 7) is 0.570. The van der Waals surface area contributed by atoms with Gasteiger partial charge in [-0.25, -0.2) is 4.98 Å². The van der Waals surface area contributed by atoms with Crippen molar-refractivity contribution < 1.29 is 13.9 Å². The second-order valence-corrected chi connectivity index (χ2v) is 5.02. The average Bonchev–Trinajstić information content (AvgIpc) is 2.97. The molecule has 1 heterocycles. The summed E-state index contributed by atoms with van der Waals surface area (Å²) < 4.78 is 15.8. The van der Waals surface area contributed by atoms with Crippen molar-refractivity contribution in [3.8, 4) is 11.5 Å². The van der Waals surface area contributed by atoms with E-state index in [0.29, 0.717) is 17.6 Å². The van der Waals surface area contributed by atoms with E-state index in [1.807, 2.05) is 36.4 Å². The summed E-state index contributed by atoms with van der Waals surface area (Å²) in [5.74, 6) is 0.493. The molecule has 0 saturated carbocycles. The Morgan fingerprint density at radius 1 is 1.23 bits per heavy atom. The molecule has 0 amide bonds. The number of oxazole rings is 1. The van der Waals surface area contributed by atoms with Crippen LogP contribution in [0.2, 0.25) is 5.02 Å². The van der Waals surface area contributed by atoms with Crippen LogP contribution >= 0.6 is 11.6 Å². The number of nitrogens with zero attached hydrogens (tertiary/aromatic N) is 1. The highest BCUT2D eigenvalue weighted by atomic mass is 35.5. The highest BCUT2D eigenvalue weighted by molar-refractivity contribution is 6.33. The first-order chi connectivity index (χ1) is 10.8. The lowest BCUT2D eigenvalue weighted by Gasteiger charge is -2.08. The number of para-hydroxylation sites is 2. The van der Waals surface area contributed by atoms with Crippen LogP contribution in [0.25, 0.3) is 22.6 Å². The van der Waals surface area contributed by atoms with Crippen LogP contribution in [0.1, 0.15) is 0 Å². The number of nitrogens with one attached hydrogen (secondary N) is 1. The summed E-state index contributed by atoms with van der Waals surface area (Å²) in [5, 5.41) is 3.70. The van der Waals surface area contributed by atoms with E-state index >= 15 is 0 Å². The van der Waals surface area contributed by atoms with Crippen molar-refractivity contribution in [2.24, 2.45) is 0 Å². The van der Waals surface area contributed by atoms with Crippen molar-refractivity contribution in [2.45, 2.75) is 0 Å². The van der Waals surface area contributed by atoms with Gasteiger partial charge in [0, 0.05) is 12.8 Å². The smallest absolute Gasteiger partial charge is 0.228 e. The van der Waals surface area contributed by atoms with E-state index in [-0.39, 0.29) is 6.79 Å². The molecule has 0 aliphatic carbocycles.